The molecule has 0 aromatic heterocycles. The number of fused-ring (bicyclic) bond motifs is 1. The third-order valence-corrected chi connectivity index (χ3v) is 10.2. The Bertz CT molecular complexity index is 1200. The van der Waals surface area contributed by atoms with E-state index in [1.807, 2.05) is 69.3 Å². The number of para-hydroxylation sites is 2. The number of nitrogens with zero attached hydrogens (tertiary/aromatic N) is 1. The van der Waals surface area contributed by atoms with Gasteiger partial charge in [-0.2, -0.15) is 0 Å². The number of anilines is 2. The minimum absolute atomic E-state index is 0.191. The molecule has 3 fully saturated rings. The van der Waals surface area contributed by atoms with E-state index in [9.17, 15) is 19.5 Å². The molecule has 6 atom stereocenters. The van der Waals surface area contributed by atoms with E-state index < -0.39 is 33.4 Å². The van der Waals surface area contributed by atoms with E-state index in [-0.39, 0.29) is 24.3 Å². The molecule has 3 N–H and O–H groups in total. The summed E-state index contributed by atoms with van der Waals surface area (Å²) < 4.78 is -1.18. The average molecular weight is 508 g/mol. The predicted molar refractivity (Wildman–Crippen MR) is 142 cm³/mol. The Labute approximate surface area is 216 Å². The number of hydrogen-bond acceptors (Lipinski definition) is 5. The van der Waals surface area contributed by atoms with E-state index in [1.165, 1.54) is 0 Å². The van der Waals surface area contributed by atoms with Crippen molar-refractivity contribution in [3.63, 3.8) is 0 Å². The molecule has 2 unspecified atom stereocenters. The molecule has 2 aromatic rings. The first-order valence-corrected chi connectivity index (χ1v) is 13.3. The molecule has 190 valence electrons. The number of aliphatic hydroxyl groups is 1. The molecule has 3 aliphatic heterocycles. The van der Waals surface area contributed by atoms with E-state index in [2.05, 4.69) is 10.6 Å². The Kier molecular flexibility index (Phi) is 6.16. The van der Waals surface area contributed by atoms with Crippen LogP contribution in [0.3, 0.4) is 0 Å². The molecule has 8 heteroatoms. The van der Waals surface area contributed by atoms with E-state index in [1.54, 1.807) is 23.6 Å². The first kappa shape index (κ1) is 24.8. The van der Waals surface area contributed by atoms with Gasteiger partial charge in [-0.05, 0) is 63.8 Å². The Hall–Kier alpha value is -2.84. The molecule has 0 radical (unpaired) electrons. The van der Waals surface area contributed by atoms with Gasteiger partial charge in [0.1, 0.15) is 6.04 Å². The maximum absolute atomic E-state index is 14.0. The number of aryl methyl sites for hydroxylation is 2. The zero-order chi connectivity index (χ0) is 25.8. The summed E-state index contributed by atoms with van der Waals surface area (Å²) in [6.45, 7) is 7.43. The Balaban J connectivity index is 1.54. The number of carbonyl (C=O) groups excluding carboxylic acids is 3. The van der Waals surface area contributed by atoms with Crippen molar-refractivity contribution >= 4 is 40.9 Å². The zero-order valence-corrected chi connectivity index (χ0v) is 21.9. The summed E-state index contributed by atoms with van der Waals surface area (Å²) in [5.74, 6) is -1.88. The van der Waals surface area contributed by atoms with Crippen LogP contribution in [0.15, 0.2) is 48.5 Å². The second-order valence-electron chi connectivity index (χ2n) is 10.6. The van der Waals surface area contributed by atoms with Gasteiger partial charge in [0, 0.05) is 16.1 Å². The summed E-state index contributed by atoms with van der Waals surface area (Å²) in [4.78, 5) is 43.2. The highest BCUT2D eigenvalue weighted by Crippen LogP contribution is 2.71. The SMILES string of the molecule is Cc1cccc(C)c1NC(=O)C1N([C@H](C)CO)C(=O)[C@@H]2[C@H](C(=O)Nc3ccccc3)[C@]3(C)CCC12S3. The number of thioether (sulfide) groups is 1. The lowest BCUT2D eigenvalue weighted by Crippen LogP contribution is -2.54. The summed E-state index contributed by atoms with van der Waals surface area (Å²) in [7, 11) is 0. The Morgan fingerprint density at radius 2 is 1.72 bits per heavy atom. The van der Waals surface area contributed by atoms with Crippen LogP contribution >= 0.6 is 11.8 Å². The number of aliphatic hydroxyl groups excluding tert-OH is 1. The monoisotopic (exact) mass is 507 g/mol. The normalized spacial score (nSPS) is 31.3. The minimum Gasteiger partial charge on any atom is -0.394 e. The van der Waals surface area contributed by atoms with Gasteiger partial charge in [0.2, 0.25) is 17.7 Å². The van der Waals surface area contributed by atoms with Gasteiger partial charge in [-0.1, -0.05) is 36.4 Å². The first-order valence-electron chi connectivity index (χ1n) is 12.5. The highest BCUT2D eigenvalue weighted by molar-refractivity contribution is 8.02. The number of likely N-dealkylation sites (tertiary alicyclic amines) is 1. The molecule has 2 aromatic carbocycles. The van der Waals surface area contributed by atoms with Gasteiger partial charge in [-0.15, -0.1) is 11.8 Å². The van der Waals surface area contributed by atoms with Gasteiger partial charge < -0.3 is 20.6 Å². The molecule has 3 heterocycles. The molecule has 36 heavy (non-hydrogen) atoms. The van der Waals surface area contributed by atoms with E-state index in [0.29, 0.717) is 12.1 Å². The van der Waals surface area contributed by atoms with Crippen LogP contribution in [-0.4, -0.2) is 55.9 Å². The highest BCUT2D eigenvalue weighted by Gasteiger charge is 2.77. The van der Waals surface area contributed by atoms with Crippen molar-refractivity contribution in [1.82, 2.24) is 4.90 Å². The number of hydrogen-bond donors (Lipinski definition) is 3. The highest BCUT2D eigenvalue weighted by atomic mass is 32.2. The molecule has 3 amide bonds. The van der Waals surface area contributed by atoms with Crippen LogP contribution in [-0.2, 0) is 14.4 Å². The lowest BCUT2D eigenvalue weighted by Gasteiger charge is -2.36. The molecule has 1 spiro atoms. The quantitative estimate of drug-likeness (QED) is 0.553. The van der Waals surface area contributed by atoms with Crippen molar-refractivity contribution < 1.29 is 19.5 Å². The van der Waals surface area contributed by atoms with Gasteiger partial charge in [0.25, 0.3) is 0 Å². The second kappa shape index (κ2) is 8.92. The van der Waals surface area contributed by atoms with Gasteiger partial charge in [0.05, 0.1) is 29.2 Å². The third kappa shape index (κ3) is 3.65. The van der Waals surface area contributed by atoms with Crippen molar-refractivity contribution in [3.8, 4) is 0 Å². The van der Waals surface area contributed by atoms with Crippen LogP contribution in [0, 0.1) is 25.7 Å². The predicted octanol–water partition coefficient (Wildman–Crippen LogP) is 3.74. The number of carbonyl (C=O) groups is 3. The van der Waals surface area contributed by atoms with E-state index >= 15 is 0 Å². The van der Waals surface area contributed by atoms with E-state index in [0.717, 1.165) is 23.2 Å². The van der Waals surface area contributed by atoms with Crippen molar-refractivity contribution in [3.05, 3.63) is 59.7 Å². The lowest BCUT2D eigenvalue weighted by atomic mass is 9.66. The van der Waals surface area contributed by atoms with Gasteiger partial charge in [-0.3, -0.25) is 14.4 Å². The Morgan fingerprint density at radius 3 is 2.36 bits per heavy atom. The third-order valence-electron chi connectivity index (χ3n) is 8.26. The van der Waals surface area contributed by atoms with Crippen LogP contribution in [0.25, 0.3) is 0 Å². The maximum atomic E-state index is 14.0. The van der Waals surface area contributed by atoms with Crippen LogP contribution < -0.4 is 10.6 Å². The van der Waals surface area contributed by atoms with Crippen LogP contribution in [0.2, 0.25) is 0 Å². The molecule has 3 aliphatic rings. The summed E-state index contributed by atoms with van der Waals surface area (Å²) in [6.07, 6.45) is 1.40. The molecular weight excluding hydrogens is 474 g/mol. The molecular formula is C28H33N3O4S. The summed E-state index contributed by atoms with van der Waals surface area (Å²) in [6, 6.07) is 13.8. The summed E-state index contributed by atoms with van der Waals surface area (Å²) in [5.41, 5.74) is 3.31. The van der Waals surface area contributed by atoms with Gasteiger partial charge in [0.15, 0.2) is 0 Å². The summed E-state index contributed by atoms with van der Waals surface area (Å²) >= 11 is 1.62. The number of rotatable bonds is 6. The molecule has 2 bridgehead atoms. The molecule has 7 nitrogen and oxygen atoms in total. The number of nitrogens with one attached hydrogen (secondary N) is 2. The van der Waals surface area contributed by atoms with Crippen molar-refractivity contribution in [2.45, 2.75) is 62.1 Å². The molecule has 5 rings (SSSR count). The van der Waals surface area contributed by atoms with Crippen LogP contribution in [0.1, 0.15) is 37.8 Å². The largest absolute Gasteiger partial charge is 0.394 e. The fourth-order valence-corrected chi connectivity index (χ4v) is 8.91. The first-order chi connectivity index (χ1) is 17.1. The minimum atomic E-state index is -0.780. The fraction of sp³-hybridized carbons (Fsp3) is 0.464. The molecule has 0 saturated carbocycles. The number of amides is 3. The zero-order valence-electron chi connectivity index (χ0n) is 21.1. The lowest BCUT2D eigenvalue weighted by molar-refractivity contribution is -0.141. The number of benzene rings is 2. The van der Waals surface area contributed by atoms with Crippen LogP contribution in [0.5, 0.6) is 0 Å². The topological polar surface area (TPSA) is 98.7 Å². The molecule has 0 aliphatic carbocycles. The van der Waals surface area contributed by atoms with E-state index in [4.69, 9.17) is 0 Å². The van der Waals surface area contributed by atoms with Crippen LogP contribution in [0.4, 0.5) is 11.4 Å². The van der Waals surface area contributed by atoms with Gasteiger partial charge >= 0.3 is 0 Å². The summed E-state index contributed by atoms with van der Waals surface area (Å²) in [5, 5.41) is 16.1. The van der Waals surface area contributed by atoms with Crippen molar-refractivity contribution in [2.24, 2.45) is 11.8 Å². The maximum Gasteiger partial charge on any atom is 0.248 e. The second-order valence-corrected chi connectivity index (χ2v) is 12.5. The smallest absolute Gasteiger partial charge is 0.248 e. The van der Waals surface area contributed by atoms with Gasteiger partial charge in [-0.25, -0.2) is 0 Å². The standard InChI is InChI=1S/C28H33N3O4S/c1-16-9-8-10-17(2)22(16)30-25(34)23-28-14-13-27(4,36-28)20(21(28)26(35)31(23)18(3)15-32)24(33)29-19-11-6-5-7-12-19/h5-12,18,20-21,23,32H,13-15H2,1-4H3,(H,29,33)(H,30,34)/t18-,20-,21+,23?,27+,28?/m1/s1. The van der Waals surface area contributed by atoms with Crippen molar-refractivity contribution in [2.75, 3.05) is 17.2 Å². The average Bonchev–Trinajstić information content (AvgIpc) is 3.42. The van der Waals surface area contributed by atoms with Crippen molar-refractivity contribution in [1.29, 1.82) is 0 Å². The Morgan fingerprint density at radius 1 is 1.06 bits per heavy atom. The molecule has 3 saturated heterocycles. The fourth-order valence-electron chi connectivity index (χ4n) is 6.57.